The molecule has 5 aromatic rings. The van der Waals surface area contributed by atoms with E-state index in [2.05, 4.69) is 0 Å². The third-order valence-electron chi connectivity index (χ3n) is 5.89. The van der Waals surface area contributed by atoms with E-state index in [1.165, 1.54) is 19.2 Å². The maximum atomic E-state index is 13.2. The SMILES string of the molecule is COc1cc(C(c2c(N)c3ccccc3oc2=O)c2c(N)c3ccccc3oc2=O)ccc1O. The molecule has 170 valence electrons. The summed E-state index contributed by atoms with van der Waals surface area (Å²) >= 11 is 0. The molecule has 5 N–H and O–H groups in total. The molecule has 8 nitrogen and oxygen atoms in total. The van der Waals surface area contributed by atoms with Crippen LogP contribution in [0.15, 0.2) is 85.2 Å². The van der Waals surface area contributed by atoms with Gasteiger partial charge in [-0.3, -0.25) is 0 Å². The molecular formula is C26H20N2O6. The number of hydrogen-bond donors (Lipinski definition) is 3. The topological polar surface area (TPSA) is 142 Å². The van der Waals surface area contributed by atoms with Gasteiger partial charge in [-0.1, -0.05) is 30.3 Å². The quantitative estimate of drug-likeness (QED) is 0.345. The fourth-order valence-electron chi connectivity index (χ4n) is 4.27. The number of ether oxygens (including phenoxy) is 1. The van der Waals surface area contributed by atoms with Gasteiger partial charge in [-0.05, 0) is 42.0 Å². The molecule has 0 bridgehead atoms. The Morgan fingerprint density at radius 3 is 1.79 bits per heavy atom. The fraction of sp³-hybridized carbons (Fsp3) is 0.0769. The zero-order valence-electron chi connectivity index (χ0n) is 18.1. The molecule has 0 spiro atoms. The predicted molar refractivity (Wildman–Crippen MR) is 129 cm³/mol. The summed E-state index contributed by atoms with van der Waals surface area (Å²) < 4.78 is 16.4. The lowest BCUT2D eigenvalue weighted by Crippen LogP contribution is -2.24. The molecule has 2 aromatic heterocycles. The van der Waals surface area contributed by atoms with Crippen molar-refractivity contribution in [2.45, 2.75) is 5.92 Å². The van der Waals surface area contributed by atoms with Gasteiger partial charge in [-0.2, -0.15) is 0 Å². The second kappa shape index (κ2) is 8.00. The molecule has 0 radical (unpaired) electrons. The average Bonchev–Trinajstić information content (AvgIpc) is 2.83. The third kappa shape index (κ3) is 3.24. The summed E-state index contributed by atoms with van der Waals surface area (Å²) in [6.07, 6.45) is 0. The van der Waals surface area contributed by atoms with E-state index in [1.807, 2.05) is 0 Å². The highest BCUT2D eigenvalue weighted by atomic mass is 16.5. The molecule has 0 saturated carbocycles. The minimum absolute atomic E-state index is 0.0284. The Balaban J connectivity index is 1.92. The van der Waals surface area contributed by atoms with Gasteiger partial charge in [-0.25, -0.2) is 9.59 Å². The number of nitrogen functional groups attached to an aromatic ring is 2. The summed E-state index contributed by atoms with van der Waals surface area (Å²) in [4.78, 5) is 26.5. The number of phenolic OH excluding ortho intramolecular Hbond substituents is 1. The summed E-state index contributed by atoms with van der Waals surface area (Å²) in [5, 5.41) is 11.1. The van der Waals surface area contributed by atoms with Crippen LogP contribution in [0.25, 0.3) is 21.9 Å². The van der Waals surface area contributed by atoms with E-state index in [9.17, 15) is 14.7 Å². The lowest BCUT2D eigenvalue weighted by Gasteiger charge is -2.21. The highest BCUT2D eigenvalue weighted by molar-refractivity contribution is 5.93. The van der Waals surface area contributed by atoms with Crippen molar-refractivity contribution in [2.75, 3.05) is 18.6 Å². The normalized spacial score (nSPS) is 11.4. The lowest BCUT2D eigenvalue weighted by molar-refractivity contribution is 0.373. The Morgan fingerprint density at radius 1 is 0.794 bits per heavy atom. The Labute approximate surface area is 192 Å². The maximum absolute atomic E-state index is 13.2. The van der Waals surface area contributed by atoms with Crippen molar-refractivity contribution < 1.29 is 18.7 Å². The number of hydrogen-bond acceptors (Lipinski definition) is 8. The van der Waals surface area contributed by atoms with Crippen LogP contribution in [-0.4, -0.2) is 12.2 Å². The van der Waals surface area contributed by atoms with E-state index in [0.29, 0.717) is 27.5 Å². The zero-order valence-corrected chi connectivity index (χ0v) is 18.1. The van der Waals surface area contributed by atoms with Crippen molar-refractivity contribution in [1.29, 1.82) is 0 Å². The fourth-order valence-corrected chi connectivity index (χ4v) is 4.27. The predicted octanol–water partition coefficient (Wildman–Crippen LogP) is 3.96. The van der Waals surface area contributed by atoms with Crippen LogP contribution in [0, 0.1) is 0 Å². The van der Waals surface area contributed by atoms with Gasteiger partial charge in [0.05, 0.1) is 35.5 Å². The number of benzene rings is 3. The number of fused-ring (bicyclic) bond motifs is 2. The third-order valence-corrected chi connectivity index (χ3v) is 5.89. The van der Waals surface area contributed by atoms with Gasteiger partial charge in [0.15, 0.2) is 11.5 Å². The van der Waals surface area contributed by atoms with Crippen molar-refractivity contribution in [2.24, 2.45) is 0 Å². The molecule has 34 heavy (non-hydrogen) atoms. The Bertz CT molecular complexity index is 1590. The number of nitrogens with two attached hydrogens (primary N) is 2. The summed E-state index contributed by atoms with van der Waals surface area (Å²) in [6, 6.07) is 18.2. The zero-order chi connectivity index (χ0) is 24.0. The number of para-hydroxylation sites is 2. The molecule has 0 atom stereocenters. The van der Waals surface area contributed by atoms with Crippen molar-refractivity contribution in [1.82, 2.24) is 0 Å². The molecule has 8 heteroatoms. The molecule has 0 saturated heterocycles. The van der Waals surface area contributed by atoms with Gasteiger partial charge in [0.1, 0.15) is 11.2 Å². The van der Waals surface area contributed by atoms with E-state index >= 15 is 0 Å². The lowest BCUT2D eigenvalue weighted by atomic mass is 9.84. The average molecular weight is 456 g/mol. The smallest absolute Gasteiger partial charge is 0.342 e. The van der Waals surface area contributed by atoms with E-state index < -0.39 is 17.2 Å². The molecule has 0 fully saturated rings. The van der Waals surface area contributed by atoms with Gasteiger partial charge < -0.3 is 30.1 Å². The molecule has 0 aliphatic rings. The number of methoxy groups -OCH3 is 1. The Kier molecular flexibility index (Phi) is 4.98. The Hall–Kier alpha value is -4.72. The van der Waals surface area contributed by atoms with Gasteiger partial charge in [0.2, 0.25) is 0 Å². The monoisotopic (exact) mass is 456 g/mol. The molecule has 0 aliphatic carbocycles. The number of phenols is 1. The van der Waals surface area contributed by atoms with Gasteiger partial charge in [0.25, 0.3) is 0 Å². The minimum Gasteiger partial charge on any atom is -0.504 e. The summed E-state index contributed by atoms with van der Waals surface area (Å²) in [5.41, 5.74) is 13.0. The molecule has 5 rings (SSSR count). The molecule has 0 unspecified atom stereocenters. The van der Waals surface area contributed by atoms with Crippen LogP contribution in [-0.2, 0) is 0 Å². The molecule has 0 aliphatic heterocycles. The first-order valence-electron chi connectivity index (χ1n) is 10.4. The summed E-state index contributed by atoms with van der Waals surface area (Å²) in [7, 11) is 1.39. The maximum Gasteiger partial charge on any atom is 0.342 e. The first kappa shape index (κ1) is 21.1. The minimum atomic E-state index is -1.06. The van der Waals surface area contributed by atoms with Crippen LogP contribution < -0.4 is 27.5 Å². The summed E-state index contributed by atoms with van der Waals surface area (Å²) in [6.45, 7) is 0. The standard InChI is InChI=1S/C26H20N2O6/c1-32-19-12-13(10-11-16(19)29)20(21-23(27)14-6-2-4-8-17(14)33-25(21)30)22-24(28)15-7-3-5-9-18(15)34-26(22)31/h2-12,20,29H,27-28H2,1H3. The highest BCUT2D eigenvalue weighted by Gasteiger charge is 2.31. The first-order chi connectivity index (χ1) is 16.4. The highest BCUT2D eigenvalue weighted by Crippen LogP contribution is 2.41. The van der Waals surface area contributed by atoms with Crippen LogP contribution in [0.2, 0.25) is 0 Å². The van der Waals surface area contributed by atoms with E-state index in [-0.39, 0.29) is 34.0 Å². The number of anilines is 2. The van der Waals surface area contributed by atoms with Crippen LogP contribution in [0.5, 0.6) is 11.5 Å². The van der Waals surface area contributed by atoms with Crippen LogP contribution >= 0.6 is 0 Å². The van der Waals surface area contributed by atoms with E-state index in [4.69, 9.17) is 25.0 Å². The van der Waals surface area contributed by atoms with Crippen LogP contribution in [0.4, 0.5) is 11.4 Å². The summed E-state index contributed by atoms with van der Waals surface area (Å²) in [5.74, 6) is -1.02. The second-order valence-corrected chi connectivity index (χ2v) is 7.79. The van der Waals surface area contributed by atoms with E-state index in [0.717, 1.165) is 0 Å². The molecule has 0 amide bonds. The molecule has 2 heterocycles. The van der Waals surface area contributed by atoms with Crippen molar-refractivity contribution >= 4 is 33.3 Å². The largest absolute Gasteiger partial charge is 0.504 e. The van der Waals surface area contributed by atoms with Crippen LogP contribution in [0.1, 0.15) is 22.6 Å². The van der Waals surface area contributed by atoms with Gasteiger partial charge in [0, 0.05) is 10.8 Å². The van der Waals surface area contributed by atoms with Gasteiger partial charge >= 0.3 is 11.3 Å². The van der Waals surface area contributed by atoms with Crippen molar-refractivity contribution in [3.05, 3.63) is 104 Å². The molecular weight excluding hydrogens is 436 g/mol. The van der Waals surface area contributed by atoms with E-state index in [1.54, 1.807) is 54.6 Å². The molecule has 3 aromatic carbocycles. The number of rotatable bonds is 4. The van der Waals surface area contributed by atoms with Gasteiger partial charge in [-0.15, -0.1) is 0 Å². The second-order valence-electron chi connectivity index (χ2n) is 7.79. The van der Waals surface area contributed by atoms with Crippen molar-refractivity contribution in [3.63, 3.8) is 0 Å². The first-order valence-corrected chi connectivity index (χ1v) is 10.4. The van der Waals surface area contributed by atoms with Crippen LogP contribution in [0.3, 0.4) is 0 Å². The van der Waals surface area contributed by atoms with Crippen molar-refractivity contribution in [3.8, 4) is 11.5 Å². The number of aromatic hydroxyl groups is 1. The Morgan fingerprint density at radius 2 is 1.29 bits per heavy atom.